The number of hydrogen-bond acceptors (Lipinski definition) is 5. The van der Waals surface area contributed by atoms with Crippen molar-refractivity contribution in [3.8, 4) is 0 Å². The number of rotatable bonds is 5. The third-order valence-electron chi connectivity index (χ3n) is 4.30. The maximum absolute atomic E-state index is 12.9. The number of fused-ring (bicyclic) bond motifs is 1. The minimum absolute atomic E-state index is 0.190. The normalized spacial score (nSPS) is 18.3. The van der Waals surface area contributed by atoms with Crippen molar-refractivity contribution in [2.24, 2.45) is 0 Å². The highest BCUT2D eigenvalue weighted by atomic mass is 32.2. The topological polar surface area (TPSA) is 47.4 Å². The van der Waals surface area contributed by atoms with Gasteiger partial charge in [-0.1, -0.05) is 31.5 Å². The molecule has 2 aliphatic rings. The van der Waals surface area contributed by atoms with E-state index in [0.717, 1.165) is 74.4 Å². The van der Waals surface area contributed by atoms with Crippen molar-refractivity contribution in [3.63, 3.8) is 0 Å². The van der Waals surface area contributed by atoms with Crippen LogP contribution in [0.5, 0.6) is 0 Å². The molecule has 2 aliphatic heterocycles. The zero-order valence-corrected chi connectivity index (χ0v) is 14.2. The summed E-state index contributed by atoms with van der Waals surface area (Å²) in [5.41, 5.74) is 1.11. The number of hydrogen-bond donors (Lipinski definition) is 0. The molecular weight excluding hydrogens is 298 g/mol. The Hall–Kier alpha value is -1.01. The molecule has 3 rings (SSSR count). The predicted molar refractivity (Wildman–Crippen MR) is 90.1 cm³/mol. The van der Waals surface area contributed by atoms with Crippen LogP contribution in [-0.4, -0.2) is 41.6 Å². The summed E-state index contributed by atoms with van der Waals surface area (Å²) in [6.07, 6.45) is 5.31. The van der Waals surface area contributed by atoms with Crippen LogP contribution >= 0.6 is 11.8 Å². The molecule has 0 N–H and O–H groups in total. The van der Waals surface area contributed by atoms with Crippen molar-refractivity contribution in [2.75, 3.05) is 37.0 Å². The summed E-state index contributed by atoms with van der Waals surface area (Å²) in [7, 11) is 0. The van der Waals surface area contributed by atoms with Gasteiger partial charge in [0.1, 0.15) is 5.82 Å². The fraction of sp³-hybridized carbons (Fsp3) is 0.750. The minimum Gasteiger partial charge on any atom is -0.378 e. The molecular formula is C16H25N3O2S. The lowest BCUT2D eigenvalue weighted by molar-refractivity contribution is 0.122. The second kappa shape index (κ2) is 7.51. The second-order valence-corrected chi connectivity index (χ2v) is 6.97. The highest BCUT2D eigenvalue weighted by Crippen LogP contribution is 2.26. The van der Waals surface area contributed by atoms with Crippen molar-refractivity contribution in [1.29, 1.82) is 0 Å². The molecule has 122 valence electrons. The van der Waals surface area contributed by atoms with E-state index in [1.807, 2.05) is 4.57 Å². The first kappa shape index (κ1) is 15.9. The van der Waals surface area contributed by atoms with Gasteiger partial charge in [0.25, 0.3) is 5.56 Å². The molecule has 0 saturated carbocycles. The van der Waals surface area contributed by atoms with E-state index in [0.29, 0.717) is 0 Å². The summed E-state index contributed by atoms with van der Waals surface area (Å²) in [6.45, 7) is 6.13. The molecule has 0 unspecified atom stereocenters. The van der Waals surface area contributed by atoms with Crippen LogP contribution in [0.15, 0.2) is 9.95 Å². The Bertz CT molecular complexity index is 567. The molecule has 22 heavy (non-hydrogen) atoms. The van der Waals surface area contributed by atoms with Gasteiger partial charge in [-0.05, 0) is 19.3 Å². The van der Waals surface area contributed by atoms with Crippen LogP contribution in [-0.2, 0) is 17.7 Å². The van der Waals surface area contributed by atoms with Gasteiger partial charge in [-0.3, -0.25) is 9.36 Å². The van der Waals surface area contributed by atoms with Crippen molar-refractivity contribution in [3.05, 3.63) is 15.9 Å². The lowest BCUT2D eigenvalue weighted by Crippen LogP contribution is -2.40. The third kappa shape index (κ3) is 3.33. The van der Waals surface area contributed by atoms with E-state index in [9.17, 15) is 4.79 Å². The average molecular weight is 323 g/mol. The molecule has 1 saturated heterocycles. The summed E-state index contributed by atoms with van der Waals surface area (Å²) in [4.78, 5) is 20.0. The number of unbranched alkanes of at least 4 members (excludes halogenated alkanes) is 2. The molecule has 0 radical (unpaired) electrons. The van der Waals surface area contributed by atoms with Crippen molar-refractivity contribution >= 4 is 17.6 Å². The second-order valence-electron chi connectivity index (χ2n) is 5.91. The SMILES string of the molecule is CCCCCc1c(N2CCOCC2)nc2n(c1=O)CCCS2. The number of nitrogens with zero attached hydrogens (tertiary/aromatic N) is 3. The first-order chi connectivity index (χ1) is 10.8. The summed E-state index contributed by atoms with van der Waals surface area (Å²) in [5, 5.41) is 0.900. The third-order valence-corrected chi connectivity index (χ3v) is 5.37. The molecule has 0 atom stereocenters. The largest absolute Gasteiger partial charge is 0.378 e. The van der Waals surface area contributed by atoms with Crippen molar-refractivity contribution in [2.45, 2.75) is 50.7 Å². The van der Waals surface area contributed by atoms with Gasteiger partial charge in [0.15, 0.2) is 5.16 Å². The van der Waals surface area contributed by atoms with Gasteiger partial charge >= 0.3 is 0 Å². The molecule has 0 aromatic carbocycles. The Kier molecular flexibility index (Phi) is 5.41. The first-order valence-corrected chi connectivity index (χ1v) is 9.39. The highest BCUT2D eigenvalue weighted by Gasteiger charge is 2.23. The zero-order valence-electron chi connectivity index (χ0n) is 13.3. The fourth-order valence-corrected chi connectivity index (χ4v) is 4.00. The van der Waals surface area contributed by atoms with Gasteiger partial charge in [0.05, 0.1) is 18.8 Å². The molecule has 6 heteroatoms. The van der Waals surface area contributed by atoms with Crippen LogP contribution in [0.25, 0.3) is 0 Å². The van der Waals surface area contributed by atoms with Gasteiger partial charge in [-0.2, -0.15) is 0 Å². The molecule has 3 heterocycles. The Morgan fingerprint density at radius 3 is 2.82 bits per heavy atom. The molecule has 0 amide bonds. The van der Waals surface area contributed by atoms with Gasteiger partial charge < -0.3 is 9.64 Å². The van der Waals surface area contributed by atoms with Crippen LogP contribution in [0.2, 0.25) is 0 Å². The quantitative estimate of drug-likeness (QED) is 0.615. The van der Waals surface area contributed by atoms with E-state index < -0.39 is 0 Å². The van der Waals surface area contributed by atoms with E-state index in [4.69, 9.17) is 9.72 Å². The Balaban J connectivity index is 1.96. The van der Waals surface area contributed by atoms with Crippen LogP contribution in [0.3, 0.4) is 0 Å². The molecule has 0 spiro atoms. The van der Waals surface area contributed by atoms with Crippen LogP contribution < -0.4 is 10.5 Å². The van der Waals surface area contributed by atoms with Gasteiger partial charge in [-0.25, -0.2) is 4.98 Å². The molecule has 0 aliphatic carbocycles. The molecule has 5 nitrogen and oxygen atoms in total. The van der Waals surface area contributed by atoms with Gasteiger partial charge in [0.2, 0.25) is 0 Å². The summed E-state index contributed by atoms with van der Waals surface area (Å²) in [6, 6.07) is 0. The summed E-state index contributed by atoms with van der Waals surface area (Å²) < 4.78 is 7.33. The summed E-state index contributed by atoms with van der Waals surface area (Å²) in [5.74, 6) is 1.98. The Morgan fingerprint density at radius 2 is 2.05 bits per heavy atom. The number of thioether (sulfide) groups is 1. The molecule has 1 aromatic rings. The van der Waals surface area contributed by atoms with E-state index in [-0.39, 0.29) is 5.56 Å². The first-order valence-electron chi connectivity index (χ1n) is 8.40. The van der Waals surface area contributed by atoms with Crippen LogP contribution in [0.4, 0.5) is 5.82 Å². The van der Waals surface area contributed by atoms with Crippen molar-refractivity contribution in [1.82, 2.24) is 9.55 Å². The molecule has 0 bridgehead atoms. The van der Waals surface area contributed by atoms with Crippen LogP contribution in [0, 0.1) is 0 Å². The zero-order chi connectivity index (χ0) is 15.4. The van der Waals surface area contributed by atoms with E-state index in [2.05, 4.69) is 11.8 Å². The number of aromatic nitrogens is 2. The highest BCUT2D eigenvalue weighted by molar-refractivity contribution is 7.99. The van der Waals surface area contributed by atoms with Crippen LogP contribution in [0.1, 0.15) is 38.2 Å². The number of morpholine rings is 1. The van der Waals surface area contributed by atoms with Crippen molar-refractivity contribution < 1.29 is 4.74 Å². The number of anilines is 1. The maximum Gasteiger partial charge on any atom is 0.259 e. The fourth-order valence-electron chi connectivity index (χ4n) is 3.06. The average Bonchev–Trinajstić information content (AvgIpc) is 2.57. The monoisotopic (exact) mass is 323 g/mol. The number of ether oxygens (including phenoxy) is 1. The minimum atomic E-state index is 0.190. The lowest BCUT2D eigenvalue weighted by atomic mass is 10.1. The molecule has 1 fully saturated rings. The molecule has 1 aromatic heterocycles. The standard InChI is InChI=1S/C16H25N3O2S/c1-2-3-4-6-13-14(18-8-10-21-11-9-18)17-16-19(15(13)20)7-5-12-22-16/h2-12H2,1H3. The van der Waals surface area contributed by atoms with Gasteiger partial charge in [-0.15, -0.1) is 0 Å². The maximum atomic E-state index is 12.9. The summed E-state index contributed by atoms with van der Waals surface area (Å²) >= 11 is 1.71. The van der Waals surface area contributed by atoms with E-state index >= 15 is 0 Å². The van der Waals surface area contributed by atoms with E-state index in [1.165, 1.54) is 12.8 Å². The Labute approximate surface area is 136 Å². The predicted octanol–water partition coefficient (Wildman–Crippen LogP) is 2.31. The van der Waals surface area contributed by atoms with Gasteiger partial charge in [0, 0.05) is 25.4 Å². The smallest absolute Gasteiger partial charge is 0.259 e. The Morgan fingerprint density at radius 1 is 1.23 bits per heavy atom. The van der Waals surface area contributed by atoms with E-state index in [1.54, 1.807) is 11.8 Å². The lowest BCUT2D eigenvalue weighted by Gasteiger charge is -2.30.